The SMILES string of the molecule is CN(Cc1cnn(C)c1)C(=O)c1ccc2nc(N)sc2c1. The quantitative estimate of drug-likeness (QED) is 0.801. The van der Waals surface area contributed by atoms with Crippen LogP contribution in [0.25, 0.3) is 10.2 Å². The number of benzene rings is 1. The van der Waals surface area contributed by atoms with Crippen LogP contribution < -0.4 is 5.73 Å². The fraction of sp³-hybridized carbons (Fsp3) is 0.214. The summed E-state index contributed by atoms with van der Waals surface area (Å²) >= 11 is 1.39. The predicted octanol–water partition coefficient (Wildman–Crippen LogP) is 1.88. The maximum absolute atomic E-state index is 12.5. The molecule has 2 heterocycles. The third kappa shape index (κ3) is 2.73. The first kappa shape index (κ1) is 13.6. The van der Waals surface area contributed by atoms with Gasteiger partial charge in [0.05, 0.1) is 16.4 Å². The molecule has 0 atom stereocenters. The van der Waals surface area contributed by atoms with Gasteiger partial charge in [0, 0.05) is 38.0 Å². The van der Waals surface area contributed by atoms with Crippen molar-refractivity contribution in [3.8, 4) is 0 Å². The fourth-order valence-electron chi connectivity index (χ4n) is 2.20. The van der Waals surface area contributed by atoms with Crippen LogP contribution in [0.1, 0.15) is 15.9 Å². The number of fused-ring (bicyclic) bond motifs is 1. The number of nitrogens with zero attached hydrogens (tertiary/aromatic N) is 4. The van der Waals surface area contributed by atoms with E-state index >= 15 is 0 Å². The third-order valence-corrected chi connectivity index (χ3v) is 4.02. The number of hydrogen-bond donors (Lipinski definition) is 1. The smallest absolute Gasteiger partial charge is 0.253 e. The first-order valence-corrected chi connectivity index (χ1v) is 7.23. The third-order valence-electron chi connectivity index (χ3n) is 3.18. The summed E-state index contributed by atoms with van der Waals surface area (Å²) in [4.78, 5) is 18.3. The van der Waals surface area contributed by atoms with Crippen molar-refractivity contribution in [1.82, 2.24) is 19.7 Å². The van der Waals surface area contributed by atoms with Gasteiger partial charge in [-0.3, -0.25) is 9.48 Å². The number of anilines is 1. The van der Waals surface area contributed by atoms with Crippen molar-refractivity contribution in [3.05, 3.63) is 41.7 Å². The zero-order valence-corrected chi connectivity index (χ0v) is 12.6. The van der Waals surface area contributed by atoms with Gasteiger partial charge in [0.25, 0.3) is 5.91 Å². The Kier molecular flexibility index (Phi) is 3.34. The van der Waals surface area contributed by atoms with Crippen LogP contribution in [0.2, 0.25) is 0 Å². The molecule has 2 aromatic heterocycles. The highest BCUT2D eigenvalue weighted by atomic mass is 32.1. The Morgan fingerprint density at radius 3 is 3.00 bits per heavy atom. The number of hydrogen-bond acceptors (Lipinski definition) is 5. The molecule has 0 fully saturated rings. The van der Waals surface area contributed by atoms with Crippen LogP contribution in [0.5, 0.6) is 0 Å². The monoisotopic (exact) mass is 301 g/mol. The minimum absolute atomic E-state index is 0.0345. The van der Waals surface area contributed by atoms with Crippen LogP contribution in [0, 0.1) is 0 Å². The number of thiazole rings is 1. The van der Waals surface area contributed by atoms with E-state index in [4.69, 9.17) is 5.73 Å². The van der Waals surface area contributed by atoms with E-state index in [9.17, 15) is 4.79 Å². The maximum atomic E-state index is 12.5. The van der Waals surface area contributed by atoms with E-state index in [0.29, 0.717) is 17.2 Å². The number of carbonyl (C=O) groups is 1. The van der Waals surface area contributed by atoms with E-state index in [2.05, 4.69) is 10.1 Å². The van der Waals surface area contributed by atoms with Crippen molar-refractivity contribution in [2.45, 2.75) is 6.54 Å². The number of aryl methyl sites for hydroxylation is 1. The summed E-state index contributed by atoms with van der Waals surface area (Å²) < 4.78 is 2.65. The van der Waals surface area contributed by atoms with E-state index in [0.717, 1.165) is 15.8 Å². The molecule has 108 valence electrons. The van der Waals surface area contributed by atoms with E-state index in [1.165, 1.54) is 11.3 Å². The topological polar surface area (TPSA) is 77.0 Å². The summed E-state index contributed by atoms with van der Waals surface area (Å²) in [5, 5.41) is 4.62. The van der Waals surface area contributed by atoms with Crippen molar-refractivity contribution >= 4 is 32.6 Å². The van der Waals surface area contributed by atoms with Gasteiger partial charge >= 0.3 is 0 Å². The number of nitrogens with two attached hydrogens (primary N) is 1. The summed E-state index contributed by atoms with van der Waals surface area (Å²) in [7, 11) is 3.63. The lowest BCUT2D eigenvalue weighted by molar-refractivity contribution is 0.0785. The Morgan fingerprint density at radius 1 is 1.48 bits per heavy atom. The second kappa shape index (κ2) is 5.17. The van der Waals surface area contributed by atoms with Gasteiger partial charge in [-0.05, 0) is 18.2 Å². The largest absolute Gasteiger partial charge is 0.375 e. The average molecular weight is 301 g/mol. The van der Waals surface area contributed by atoms with Crippen LogP contribution >= 0.6 is 11.3 Å². The van der Waals surface area contributed by atoms with E-state index in [1.807, 2.05) is 25.4 Å². The van der Waals surface area contributed by atoms with Gasteiger partial charge < -0.3 is 10.6 Å². The van der Waals surface area contributed by atoms with E-state index in [1.54, 1.807) is 28.9 Å². The van der Waals surface area contributed by atoms with Gasteiger partial charge in [-0.2, -0.15) is 5.10 Å². The standard InChI is InChI=1S/C14H15N5OS/c1-18(7-9-6-16-19(2)8-9)13(20)10-3-4-11-12(5-10)21-14(15)17-11/h3-6,8H,7H2,1-2H3,(H2,15,17). The minimum Gasteiger partial charge on any atom is -0.375 e. The molecular weight excluding hydrogens is 286 g/mol. The zero-order valence-electron chi connectivity index (χ0n) is 11.8. The Balaban J connectivity index is 1.81. The molecule has 0 radical (unpaired) electrons. The van der Waals surface area contributed by atoms with Crippen molar-refractivity contribution in [2.24, 2.45) is 7.05 Å². The zero-order chi connectivity index (χ0) is 15.0. The number of rotatable bonds is 3. The molecule has 0 unspecified atom stereocenters. The summed E-state index contributed by atoms with van der Waals surface area (Å²) in [6, 6.07) is 5.45. The number of amides is 1. The molecule has 0 bridgehead atoms. The fourth-order valence-corrected chi connectivity index (χ4v) is 2.97. The van der Waals surface area contributed by atoms with Crippen molar-refractivity contribution in [2.75, 3.05) is 12.8 Å². The molecule has 21 heavy (non-hydrogen) atoms. The second-order valence-corrected chi connectivity index (χ2v) is 5.98. The molecular formula is C14H15N5OS. The lowest BCUT2D eigenvalue weighted by atomic mass is 10.2. The number of aromatic nitrogens is 3. The van der Waals surface area contributed by atoms with Gasteiger partial charge in [0.15, 0.2) is 5.13 Å². The molecule has 7 heteroatoms. The number of carbonyl (C=O) groups excluding carboxylic acids is 1. The average Bonchev–Trinajstić information content (AvgIpc) is 3.01. The van der Waals surface area contributed by atoms with Crippen LogP contribution in [0.15, 0.2) is 30.6 Å². The molecule has 6 nitrogen and oxygen atoms in total. The van der Waals surface area contributed by atoms with E-state index < -0.39 is 0 Å². The highest BCUT2D eigenvalue weighted by Gasteiger charge is 2.14. The lowest BCUT2D eigenvalue weighted by Crippen LogP contribution is -2.25. The molecule has 0 saturated carbocycles. The summed E-state index contributed by atoms with van der Waals surface area (Å²) in [6.45, 7) is 0.523. The van der Waals surface area contributed by atoms with Crippen LogP contribution in [0.3, 0.4) is 0 Å². The van der Waals surface area contributed by atoms with Crippen LogP contribution in [0.4, 0.5) is 5.13 Å². The Morgan fingerprint density at radius 2 is 2.29 bits per heavy atom. The first-order valence-electron chi connectivity index (χ1n) is 6.42. The molecule has 0 saturated heterocycles. The molecule has 1 amide bonds. The second-order valence-electron chi connectivity index (χ2n) is 4.92. The number of nitrogen functional groups attached to an aromatic ring is 1. The lowest BCUT2D eigenvalue weighted by Gasteiger charge is -2.16. The Labute approximate surface area is 125 Å². The summed E-state index contributed by atoms with van der Waals surface area (Å²) in [5.41, 5.74) is 8.14. The first-order chi connectivity index (χ1) is 10.0. The summed E-state index contributed by atoms with van der Waals surface area (Å²) in [6.07, 6.45) is 3.66. The Hall–Kier alpha value is -2.41. The van der Waals surface area contributed by atoms with Gasteiger partial charge in [0.1, 0.15) is 0 Å². The van der Waals surface area contributed by atoms with Crippen LogP contribution in [-0.2, 0) is 13.6 Å². The molecule has 2 N–H and O–H groups in total. The highest BCUT2D eigenvalue weighted by molar-refractivity contribution is 7.22. The van der Waals surface area contributed by atoms with Crippen molar-refractivity contribution < 1.29 is 4.79 Å². The van der Waals surface area contributed by atoms with Crippen molar-refractivity contribution in [3.63, 3.8) is 0 Å². The molecule has 0 spiro atoms. The Bertz CT molecular complexity index is 807. The normalized spacial score (nSPS) is 11.0. The minimum atomic E-state index is -0.0345. The highest BCUT2D eigenvalue weighted by Crippen LogP contribution is 2.25. The predicted molar refractivity (Wildman–Crippen MR) is 83.0 cm³/mol. The van der Waals surface area contributed by atoms with Gasteiger partial charge in [-0.25, -0.2) is 4.98 Å². The van der Waals surface area contributed by atoms with Crippen molar-refractivity contribution in [1.29, 1.82) is 0 Å². The molecule has 0 aliphatic carbocycles. The maximum Gasteiger partial charge on any atom is 0.253 e. The van der Waals surface area contributed by atoms with Gasteiger partial charge in [-0.15, -0.1) is 0 Å². The molecule has 1 aromatic carbocycles. The van der Waals surface area contributed by atoms with Crippen LogP contribution in [-0.4, -0.2) is 32.6 Å². The van der Waals surface area contributed by atoms with Gasteiger partial charge in [-0.1, -0.05) is 11.3 Å². The summed E-state index contributed by atoms with van der Waals surface area (Å²) in [5.74, 6) is -0.0345. The van der Waals surface area contributed by atoms with E-state index in [-0.39, 0.29) is 5.91 Å². The molecule has 3 aromatic rings. The van der Waals surface area contributed by atoms with Gasteiger partial charge in [0.2, 0.25) is 0 Å². The molecule has 0 aliphatic heterocycles. The molecule has 0 aliphatic rings. The molecule has 3 rings (SSSR count).